The van der Waals surface area contributed by atoms with Crippen molar-refractivity contribution in [3.05, 3.63) is 41.6 Å². The van der Waals surface area contributed by atoms with Crippen LogP contribution in [0.3, 0.4) is 0 Å². The predicted molar refractivity (Wildman–Crippen MR) is 73.0 cm³/mol. The maximum atomic E-state index is 11.9. The minimum absolute atomic E-state index is 0.327. The monoisotopic (exact) mass is 277 g/mol. The minimum atomic E-state index is -0.327. The Balaban J connectivity index is 2.08. The first kappa shape index (κ1) is 14.3. The van der Waals surface area contributed by atoms with Crippen LogP contribution in [0.1, 0.15) is 28.5 Å². The van der Waals surface area contributed by atoms with E-state index in [1.165, 1.54) is 0 Å². The van der Waals surface area contributed by atoms with Gasteiger partial charge in [0, 0.05) is 25.7 Å². The van der Waals surface area contributed by atoms with E-state index in [0.717, 1.165) is 17.8 Å². The van der Waals surface area contributed by atoms with Crippen molar-refractivity contribution in [3.63, 3.8) is 0 Å². The van der Waals surface area contributed by atoms with Crippen LogP contribution in [0.4, 0.5) is 0 Å². The normalized spacial score (nSPS) is 11.0. The molecule has 0 fully saturated rings. The number of hydrogen-bond acceptors (Lipinski definition) is 5. The summed E-state index contributed by atoms with van der Waals surface area (Å²) in [5.41, 5.74) is 2.45. The lowest BCUT2D eigenvalue weighted by Crippen LogP contribution is -2.21. The maximum absolute atomic E-state index is 11.9. The number of nitrogens with zero attached hydrogens (tertiary/aromatic N) is 3. The van der Waals surface area contributed by atoms with Gasteiger partial charge in [0.15, 0.2) is 0 Å². The molecule has 2 heterocycles. The molecular formula is C14H19N3O3. The van der Waals surface area contributed by atoms with Crippen molar-refractivity contribution < 1.29 is 13.9 Å². The van der Waals surface area contributed by atoms with Crippen molar-refractivity contribution in [1.82, 2.24) is 14.7 Å². The quantitative estimate of drug-likeness (QED) is 0.754. The lowest BCUT2D eigenvalue weighted by Gasteiger charge is -2.16. The molecule has 2 aromatic rings. The third kappa shape index (κ3) is 3.27. The smallest absolute Gasteiger partial charge is 0.341 e. The Morgan fingerprint density at radius 1 is 1.50 bits per heavy atom. The number of furan rings is 1. The zero-order chi connectivity index (χ0) is 14.5. The molecule has 0 aliphatic heterocycles. The second kappa shape index (κ2) is 6.38. The van der Waals surface area contributed by atoms with E-state index in [4.69, 9.17) is 9.15 Å². The topological polar surface area (TPSA) is 60.5 Å². The van der Waals surface area contributed by atoms with E-state index in [-0.39, 0.29) is 5.97 Å². The van der Waals surface area contributed by atoms with Crippen molar-refractivity contribution >= 4 is 5.97 Å². The van der Waals surface area contributed by atoms with Gasteiger partial charge in [0.1, 0.15) is 5.56 Å². The molecule has 6 heteroatoms. The van der Waals surface area contributed by atoms with E-state index in [2.05, 4.69) is 10.00 Å². The molecule has 20 heavy (non-hydrogen) atoms. The third-order valence-electron chi connectivity index (χ3n) is 3.01. The highest BCUT2D eigenvalue weighted by atomic mass is 16.5. The number of carbonyl (C=O) groups is 1. The van der Waals surface area contributed by atoms with E-state index in [1.807, 2.05) is 20.2 Å². The molecule has 2 aromatic heterocycles. The summed E-state index contributed by atoms with van der Waals surface area (Å²) in [6.07, 6.45) is 4.92. The lowest BCUT2D eigenvalue weighted by atomic mass is 10.2. The van der Waals surface area contributed by atoms with E-state index < -0.39 is 0 Å². The van der Waals surface area contributed by atoms with Gasteiger partial charge in [-0.05, 0) is 20.0 Å². The van der Waals surface area contributed by atoms with Gasteiger partial charge < -0.3 is 9.15 Å². The minimum Gasteiger partial charge on any atom is -0.472 e. The van der Waals surface area contributed by atoms with Gasteiger partial charge in [0.05, 0.1) is 31.0 Å². The van der Waals surface area contributed by atoms with Gasteiger partial charge >= 0.3 is 5.97 Å². The van der Waals surface area contributed by atoms with E-state index in [9.17, 15) is 4.79 Å². The van der Waals surface area contributed by atoms with Crippen LogP contribution < -0.4 is 0 Å². The van der Waals surface area contributed by atoms with Gasteiger partial charge in [-0.25, -0.2) is 4.79 Å². The molecule has 0 radical (unpaired) electrons. The maximum Gasteiger partial charge on any atom is 0.341 e. The van der Waals surface area contributed by atoms with Crippen LogP contribution in [0.15, 0.2) is 29.2 Å². The molecule has 108 valence electrons. The molecule has 0 saturated heterocycles. The first-order valence-electron chi connectivity index (χ1n) is 6.49. The third-order valence-corrected chi connectivity index (χ3v) is 3.01. The van der Waals surface area contributed by atoms with Gasteiger partial charge in [-0.2, -0.15) is 5.10 Å². The van der Waals surface area contributed by atoms with E-state index in [1.54, 1.807) is 30.3 Å². The molecule has 0 aliphatic rings. The highest BCUT2D eigenvalue weighted by Crippen LogP contribution is 2.13. The average molecular weight is 277 g/mol. The van der Waals surface area contributed by atoms with Crippen molar-refractivity contribution in [2.45, 2.75) is 20.0 Å². The number of aryl methyl sites for hydroxylation is 1. The van der Waals surface area contributed by atoms with Crippen LogP contribution in [0, 0.1) is 0 Å². The van der Waals surface area contributed by atoms with Crippen molar-refractivity contribution in [2.75, 3.05) is 13.7 Å². The number of esters is 1. The summed E-state index contributed by atoms with van der Waals surface area (Å²) in [6, 6.07) is 1.92. The molecule has 0 saturated carbocycles. The average Bonchev–Trinajstić information content (AvgIpc) is 3.01. The van der Waals surface area contributed by atoms with Crippen molar-refractivity contribution in [2.24, 2.45) is 7.05 Å². The van der Waals surface area contributed by atoms with Crippen LogP contribution in [0.2, 0.25) is 0 Å². The fraction of sp³-hybridized carbons (Fsp3) is 0.429. The summed E-state index contributed by atoms with van der Waals surface area (Å²) in [5, 5.41) is 4.14. The molecule has 0 spiro atoms. The molecular weight excluding hydrogens is 258 g/mol. The van der Waals surface area contributed by atoms with E-state index >= 15 is 0 Å². The van der Waals surface area contributed by atoms with Crippen LogP contribution in [-0.2, 0) is 24.9 Å². The standard InChI is InChI=1S/C14H19N3O3/c1-4-20-14(18)12-7-15-17(3)13(12)9-16(2)8-11-5-6-19-10-11/h5-7,10H,4,8-9H2,1-3H3. The molecule has 0 bridgehead atoms. The molecule has 6 nitrogen and oxygen atoms in total. The summed E-state index contributed by atoms with van der Waals surface area (Å²) in [5.74, 6) is -0.327. The Hall–Kier alpha value is -2.08. The van der Waals surface area contributed by atoms with Crippen LogP contribution in [-0.4, -0.2) is 34.3 Å². The van der Waals surface area contributed by atoms with Crippen LogP contribution >= 0.6 is 0 Å². The Kier molecular flexibility index (Phi) is 4.57. The molecule has 0 unspecified atom stereocenters. The van der Waals surface area contributed by atoms with Gasteiger partial charge in [-0.15, -0.1) is 0 Å². The Morgan fingerprint density at radius 2 is 2.30 bits per heavy atom. The molecule has 0 amide bonds. The Morgan fingerprint density at radius 3 is 2.95 bits per heavy atom. The van der Waals surface area contributed by atoms with Gasteiger partial charge in [-0.3, -0.25) is 9.58 Å². The number of aromatic nitrogens is 2. The summed E-state index contributed by atoms with van der Waals surface area (Å²) < 4.78 is 11.8. The molecule has 0 aromatic carbocycles. The molecule has 2 rings (SSSR count). The zero-order valence-corrected chi connectivity index (χ0v) is 12.0. The van der Waals surface area contributed by atoms with Crippen LogP contribution in [0.25, 0.3) is 0 Å². The number of ether oxygens (including phenoxy) is 1. The largest absolute Gasteiger partial charge is 0.472 e. The first-order valence-corrected chi connectivity index (χ1v) is 6.49. The van der Waals surface area contributed by atoms with Crippen LogP contribution in [0.5, 0.6) is 0 Å². The Labute approximate surface area is 117 Å². The second-order valence-corrected chi connectivity index (χ2v) is 4.65. The zero-order valence-electron chi connectivity index (χ0n) is 12.0. The number of rotatable bonds is 6. The van der Waals surface area contributed by atoms with Crippen molar-refractivity contribution in [1.29, 1.82) is 0 Å². The Bertz CT molecular complexity index is 560. The van der Waals surface area contributed by atoms with E-state index in [0.29, 0.717) is 18.7 Å². The first-order chi connectivity index (χ1) is 9.61. The molecule has 0 atom stereocenters. The summed E-state index contributed by atoms with van der Waals surface area (Å²) in [7, 11) is 3.80. The second-order valence-electron chi connectivity index (χ2n) is 4.65. The SMILES string of the molecule is CCOC(=O)c1cnn(C)c1CN(C)Cc1ccoc1. The number of carbonyl (C=O) groups excluding carboxylic acids is 1. The molecule has 0 aliphatic carbocycles. The van der Waals surface area contributed by atoms with Gasteiger partial charge in [0.2, 0.25) is 0 Å². The fourth-order valence-electron chi connectivity index (χ4n) is 2.04. The lowest BCUT2D eigenvalue weighted by molar-refractivity contribution is 0.0524. The highest BCUT2D eigenvalue weighted by Gasteiger charge is 2.18. The van der Waals surface area contributed by atoms with Gasteiger partial charge in [0.25, 0.3) is 0 Å². The highest BCUT2D eigenvalue weighted by molar-refractivity contribution is 5.90. The van der Waals surface area contributed by atoms with Gasteiger partial charge in [-0.1, -0.05) is 0 Å². The predicted octanol–water partition coefficient (Wildman–Crippen LogP) is 1.82. The summed E-state index contributed by atoms with van der Waals surface area (Å²) in [4.78, 5) is 14.0. The fourth-order valence-corrected chi connectivity index (χ4v) is 2.04. The summed E-state index contributed by atoms with van der Waals surface area (Å²) in [6.45, 7) is 3.50. The number of hydrogen-bond donors (Lipinski definition) is 0. The van der Waals surface area contributed by atoms with Crippen molar-refractivity contribution in [3.8, 4) is 0 Å². The molecule has 0 N–H and O–H groups in total. The summed E-state index contributed by atoms with van der Waals surface area (Å²) >= 11 is 0.